The molecule has 0 spiro atoms. The summed E-state index contributed by atoms with van der Waals surface area (Å²) in [6, 6.07) is 7.29. The highest BCUT2D eigenvalue weighted by Gasteiger charge is 2.27. The average Bonchev–Trinajstić information content (AvgIpc) is 2.55. The number of carbonyl (C=O) groups excluding carboxylic acids is 1. The van der Waals surface area contributed by atoms with Crippen molar-refractivity contribution in [1.29, 1.82) is 0 Å². The number of fused-ring (bicyclic) bond motifs is 1. The lowest BCUT2D eigenvalue weighted by Crippen LogP contribution is -2.41. The molecule has 0 unspecified atom stereocenters. The zero-order valence-corrected chi connectivity index (χ0v) is 8.39. The lowest BCUT2D eigenvalue weighted by molar-refractivity contribution is -0.117. The van der Waals surface area contributed by atoms with Crippen LogP contribution in [0, 0.1) is 0 Å². The highest BCUT2D eigenvalue weighted by molar-refractivity contribution is 6.01. The first-order valence-electron chi connectivity index (χ1n) is 4.97. The zero-order valence-electron chi connectivity index (χ0n) is 8.39. The number of anilines is 1. The molecule has 80 valence electrons. The summed E-state index contributed by atoms with van der Waals surface area (Å²) in [5.41, 5.74) is 7.59. The molecule has 1 aliphatic rings. The van der Waals surface area contributed by atoms with Crippen molar-refractivity contribution < 1.29 is 9.90 Å². The van der Waals surface area contributed by atoms with Gasteiger partial charge in [0.15, 0.2) is 0 Å². The molecule has 1 aromatic carbocycles. The fraction of sp³-hybridized carbons (Fsp3) is 0.364. The monoisotopic (exact) mass is 206 g/mol. The highest BCUT2D eigenvalue weighted by Crippen LogP contribution is 2.28. The van der Waals surface area contributed by atoms with Gasteiger partial charge in [0.2, 0.25) is 5.91 Å². The SMILES string of the molecule is N[C@@H](CO)CN1C(=O)Cc2ccccc21. The largest absolute Gasteiger partial charge is 0.395 e. The number of aliphatic hydroxyl groups excluding tert-OH is 1. The number of hydrogen-bond acceptors (Lipinski definition) is 3. The Balaban J connectivity index is 2.22. The van der Waals surface area contributed by atoms with E-state index in [4.69, 9.17) is 10.8 Å². The van der Waals surface area contributed by atoms with Crippen LogP contribution >= 0.6 is 0 Å². The standard InChI is InChI=1S/C11H14N2O2/c12-9(7-14)6-13-10-4-2-1-3-8(10)5-11(13)15/h1-4,9,14H,5-7,12H2/t9-/m1/s1. The van der Waals surface area contributed by atoms with Gasteiger partial charge in [0.1, 0.15) is 0 Å². The summed E-state index contributed by atoms with van der Waals surface area (Å²) in [6.07, 6.45) is 0.439. The van der Waals surface area contributed by atoms with E-state index in [1.807, 2.05) is 24.3 Å². The first-order valence-corrected chi connectivity index (χ1v) is 4.97. The van der Waals surface area contributed by atoms with E-state index in [1.54, 1.807) is 4.90 Å². The minimum absolute atomic E-state index is 0.0556. The molecule has 0 saturated carbocycles. The number of nitrogens with two attached hydrogens (primary N) is 1. The normalized spacial score (nSPS) is 16.7. The maximum atomic E-state index is 11.7. The van der Waals surface area contributed by atoms with Gasteiger partial charge in [0, 0.05) is 18.3 Å². The van der Waals surface area contributed by atoms with Gasteiger partial charge in [-0.1, -0.05) is 18.2 Å². The Kier molecular flexibility index (Phi) is 2.70. The zero-order chi connectivity index (χ0) is 10.8. The van der Waals surface area contributed by atoms with Crippen LogP contribution in [0.1, 0.15) is 5.56 Å². The lowest BCUT2D eigenvalue weighted by atomic mass is 10.2. The molecule has 4 heteroatoms. The number of nitrogens with zero attached hydrogens (tertiary/aromatic N) is 1. The molecular weight excluding hydrogens is 192 g/mol. The van der Waals surface area contributed by atoms with Crippen molar-refractivity contribution in [1.82, 2.24) is 0 Å². The van der Waals surface area contributed by atoms with Crippen LogP contribution in [-0.2, 0) is 11.2 Å². The van der Waals surface area contributed by atoms with Crippen LogP contribution in [0.5, 0.6) is 0 Å². The van der Waals surface area contributed by atoms with Crippen molar-refractivity contribution >= 4 is 11.6 Å². The predicted molar refractivity (Wildman–Crippen MR) is 57.6 cm³/mol. The van der Waals surface area contributed by atoms with E-state index >= 15 is 0 Å². The summed E-state index contributed by atoms with van der Waals surface area (Å²) < 4.78 is 0. The van der Waals surface area contributed by atoms with Crippen molar-refractivity contribution in [2.45, 2.75) is 12.5 Å². The first-order chi connectivity index (χ1) is 7.22. The third-order valence-electron chi connectivity index (χ3n) is 2.58. The fourth-order valence-electron chi connectivity index (χ4n) is 1.81. The van der Waals surface area contributed by atoms with E-state index < -0.39 is 0 Å². The summed E-state index contributed by atoms with van der Waals surface area (Å²) in [7, 11) is 0. The third kappa shape index (κ3) is 1.86. The fourth-order valence-corrected chi connectivity index (χ4v) is 1.81. The minimum Gasteiger partial charge on any atom is -0.395 e. The molecule has 1 heterocycles. The predicted octanol–water partition coefficient (Wildman–Crippen LogP) is -0.105. The molecule has 2 rings (SSSR count). The Morgan fingerprint density at radius 1 is 1.47 bits per heavy atom. The van der Waals surface area contributed by atoms with Gasteiger partial charge in [-0.25, -0.2) is 0 Å². The average molecular weight is 206 g/mol. The van der Waals surface area contributed by atoms with Crippen LogP contribution in [0.25, 0.3) is 0 Å². The molecule has 1 amide bonds. The number of para-hydroxylation sites is 1. The summed E-state index contributed by atoms with van der Waals surface area (Å²) in [5.74, 6) is 0.0556. The van der Waals surface area contributed by atoms with Gasteiger partial charge in [-0.05, 0) is 11.6 Å². The van der Waals surface area contributed by atoms with Gasteiger partial charge in [-0.15, -0.1) is 0 Å². The van der Waals surface area contributed by atoms with E-state index in [2.05, 4.69) is 0 Å². The van der Waals surface area contributed by atoms with Crippen LogP contribution in [0.2, 0.25) is 0 Å². The summed E-state index contributed by atoms with van der Waals surface area (Å²) in [6.45, 7) is 0.276. The maximum Gasteiger partial charge on any atom is 0.231 e. The molecule has 4 nitrogen and oxygen atoms in total. The van der Waals surface area contributed by atoms with Crippen molar-refractivity contribution in [3.8, 4) is 0 Å². The topological polar surface area (TPSA) is 66.6 Å². The smallest absolute Gasteiger partial charge is 0.231 e. The lowest BCUT2D eigenvalue weighted by Gasteiger charge is -2.20. The van der Waals surface area contributed by atoms with E-state index in [9.17, 15) is 4.79 Å². The van der Waals surface area contributed by atoms with Gasteiger partial charge >= 0.3 is 0 Å². The van der Waals surface area contributed by atoms with E-state index in [0.29, 0.717) is 13.0 Å². The van der Waals surface area contributed by atoms with Crippen LogP contribution in [0.3, 0.4) is 0 Å². The second kappa shape index (κ2) is 4.00. The molecule has 3 N–H and O–H groups in total. The summed E-state index contributed by atoms with van der Waals surface area (Å²) in [5, 5.41) is 8.87. The van der Waals surface area contributed by atoms with Gasteiger partial charge in [0.05, 0.1) is 13.0 Å². The Hall–Kier alpha value is -1.39. The summed E-state index contributed by atoms with van der Waals surface area (Å²) >= 11 is 0. The van der Waals surface area contributed by atoms with Crippen LogP contribution in [0.15, 0.2) is 24.3 Å². The molecule has 0 radical (unpaired) electrons. The van der Waals surface area contributed by atoms with Gasteiger partial charge in [-0.3, -0.25) is 4.79 Å². The molecule has 1 aromatic rings. The molecule has 0 aromatic heterocycles. The van der Waals surface area contributed by atoms with Crippen LogP contribution in [-0.4, -0.2) is 30.2 Å². The van der Waals surface area contributed by atoms with Gasteiger partial charge < -0.3 is 15.7 Å². The number of carbonyl (C=O) groups is 1. The molecule has 0 aliphatic carbocycles. The van der Waals surface area contributed by atoms with E-state index in [-0.39, 0.29) is 18.6 Å². The number of hydrogen-bond donors (Lipinski definition) is 2. The molecule has 15 heavy (non-hydrogen) atoms. The molecule has 0 bridgehead atoms. The molecular formula is C11H14N2O2. The van der Waals surface area contributed by atoms with E-state index in [0.717, 1.165) is 11.3 Å². The van der Waals surface area contributed by atoms with Crippen molar-refractivity contribution in [3.05, 3.63) is 29.8 Å². The first kappa shape index (κ1) is 10.1. The van der Waals surface area contributed by atoms with Crippen molar-refractivity contribution in [2.24, 2.45) is 5.73 Å². The molecule has 0 fully saturated rings. The number of aliphatic hydroxyl groups is 1. The maximum absolute atomic E-state index is 11.7. The molecule has 1 atom stereocenters. The van der Waals surface area contributed by atoms with E-state index in [1.165, 1.54) is 0 Å². The molecule has 0 saturated heterocycles. The Bertz CT molecular complexity index is 379. The second-order valence-electron chi connectivity index (χ2n) is 3.75. The second-order valence-corrected chi connectivity index (χ2v) is 3.75. The molecule has 1 aliphatic heterocycles. The third-order valence-corrected chi connectivity index (χ3v) is 2.58. The number of benzene rings is 1. The Morgan fingerprint density at radius 3 is 2.93 bits per heavy atom. The van der Waals surface area contributed by atoms with Gasteiger partial charge in [-0.2, -0.15) is 0 Å². The number of amides is 1. The van der Waals surface area contributed by atoms with Crippen LogP contribution in [0.4, 0.5) is 5.69 Å². The Labute approximate surface area is 88.3 Å². The Morgan fingerprint density at radius 2 is 2.20 bits per heavy atom. The quantitative estimate of drug-likeness (QED) is 0.725. The van der Waals surface area contributed by atoms with Gasteiger partial charge in [0.25, 0.3) is 0 Å². The van der Waals surface area contributed by atoms with Crippen molar-refractivity contribution in [2.75, 3.05) is 18.1 Å². The van der Waals surface area contributed by atoms with Crippen LogP contribution < -0.4 is 10.6 Å². The highest BCUT2D eigenvalue weighted by atomic mass is 16.3. The minimum atomic E-state index is -0.375. The number of rotatable bonds is 3. The summed E-state index contributed by atoms with van der Waals surface area (Å²) in [4.78, 5) is 13.3. The van der Waals surface area contributed by atoms with Crippen molar-refractivity contribution in [3.63, 3.8) is 0 Å².